The van der Waals surface area contributed by atoms with Gasteiger partial charge in [-0.15, -0.1) is 11.3 Å². The van der Waals surface area contributed by atoms with Gasteiger partial charge in [0.2, 0.25) is 5.91 Å². The number of carbonyl (C=O) groups is 1. The number of nitrogens with one attached hydrogen (secondary N) is 2. The second-order valence-corrected chi connectivity index (χ2v) is 8.93. The summed E-state index contributed by atoms with van der Waals surface area (Å²) in [6.45, 7) is 1.45. The molecule has 1 amide bonds. The van der Waals surface area contributed by atoms with Crippen molar-refractivity contribution in [1.82, 2.24) is 14.9 Å². The number of amides is 1. The van der Waals surface area contributed by atoms with Crippen LogP contribution in [0, 0.1) is 0 Å². The molecule has 1 aromatic heterocycles. The number of hydrogen-bond acceptors (Lipinski definition) is 5. The molecule has 0 aliphatic carbocycles. The number of halogens is 1. The Morgan fingerprint density at radius 3 is 2.84 bits per heavy atom. The molecule has 3 rings (SSSR count). The van der Waals surface area contributed by atoms with Crippen molar-refractivity contribution in [1.29, 1.82) is 0 Å². The Hall–Kier alpha value is -1.45. The van der Waals surface area contributed by atoms with Gasteiger partial charge in [0.25, 0.3) is 10.0 Å². The molecule has 1 fully saturated rings. The van der Waals surface area contributed by atoms with Crippen LogP contribution in [0.1, 0.15) is 11.6 Å². The van der Waals surface area contributed by atoms with Crippen LogP contribution in [0.25, 0.3) is 0 Å². The summed E-state index contributed by atoms with van der Waals surface area (Å²) in [4.78, 5) is 14.3. The minimum absolute atomic E-state index is 0.197. The number of thiophene rings is 1. The first-order valence-corrected chi connectivity index (χ1v) is 10.5. The number of carbonyl (C=O) groups excluding carboxylic acids is 1. The average molecular weight is 400 g/mol. The van der Waals surface area contributed by atoms with E-state index in [0.717, 1.165) is 16.9 Å². The number of piperazine rings is 1. The molecule has 2 heterocycles. The van der Waals surface area contributed by atoms with Gasteiger partial charge in [-0.2, -0.15) is 0 Å². The van der Waals surface area contributed by atoms with Crippen molar-refractivity contribution in [2.75, 3.05) is 26.2 Å². The van der Waals surface area contributed by atoms with Crippen LogP contribution in [0.3, 0.4) is 0 Å². The summed E-state index contributed by atoms with van der Waals surface area (Å²) in [6, 6.07) is 10.3. The molecular formula is C16H18ClN3O3S2. The maximum absolute atomic E-state index is 12.6. The quantitative estimate of drug-likeness (QED) is 0.804. The second kappa shape index (κ2) is 7.84. The SMILES string of the molecule is O=C(CNS(=O)(=O)c1cccs1)N1CCNCC1c1ccccc1Cl. The number of hydrogen-bond donors (Lipinski definition) is 2. The molecule has 6 nitrogen and oxygen atoms in total. The molecule has 1 aliphatic heterocycles. The third-order valence-electron chi connectivity index (χ3n) is 4.00. The molecular weight excluding hydrogens is 382 g/mol. The Balaban J connectivity index is 1.72. The van der Waals surface area contributed by atoms with Crippen LogP contribution < -0.4 is 10.0 Å². The highest BCUT2D eigenvalue weighted by Crippen LogP contribution is 2.28. The summed E-state index contributed by atoms with van der Waals surface area (Å²) in [6.07, 6.45) is 0. The zero-order chi connectivity index (χ0) is 17.9. The van der Waals surface area contributed by atoms with E-state index in [1.165, 1.54) is 6.07 Å². The number of sulfonamides is 1. The van der Waals surface area contributed by atoms with E-state index in [9.17, 15) is 13.2 Å². The van der Waals surface area contributed by atoms with Crippen LogP contribution >= 0.6 is 22.9 Å². The predicted octanol–water partition coefficient (Wildman–Crippen LogP) is 1.85. The van der Waals surface area contributed by atoms with Gasteiger partial charge in [0.05, 0.1) is 12.6 Å². The third kappa shape index (κ3) is 4.21. The lowest BCUT2D eigenvalue weighted by Gasteiger charge is -2.37. The minimum Gasteiger partial charge on any atom is -0.332 e. The van der Waals surface area contributed by atoms with E-state index in [2.05, 4.69) is 10.0 Å². The average Bonchev–Trinajstić information content (AvgIpc) is 3.16. The van der Waals surface area contributed by atoms with E-state index in [0.29, 0.717) is 24.7 Å². The molecule has 25 heavy (non-hydrogen) atoms. The van der Waals surface area contributed by atoms with Gasteiger partial charge in [0.1, 0.15) is 4.21 Å². The lowest BCUT2D eigenvalue weighted by Crippen LogP contribution is -2.51. The van der Waals surface area contributed by atoms with Crippen molar-refractivity contribution in [2.45, 2.75) is 10.3 Å². The second-order valence-electron chi connectivity index (χ2n) is 5.59. The molecule has 1 unspecified atom stereocenters. The van der Waals surface area contributed by atoms with Gasteiger partial charge in [-0.3, -0.25) is 4.79 Å². The van der Waals surface area contributed by atoms with Crippen LogP contribution in [0.5, 0.6) is 0 Å². The summed E-state index contributed by atoms with van der Waals surface area (Å²) in [5.41, 5.74) is 0.853. The molecule has 9 heteroatoms. The maximum Gasteiger partial charge on any atom is 0.250 e. The Morgan fingerprint density at radius 2 is 2.12 bits per heavy atom. The fraction of sp³-hybridized carbons (Fsp3) is 0.312. The fourth-order valence-electron chi connectivity index (χ4n) is 2.77. The molecule has 1 aromatic carbocycles. The predicted molar refractivity (Wildman–Crippen MR) is 98.3 cm³/mol. The van der Waals surface area contributed by atoms with Crippen molar-refractivity contribution in [3.05, 3.63) is 52.4 Å². The van der Waals surface area contributed by atoms with Crippen molar-refractivity contribution in [2.24, 2.45) is 0 Å². The highest BCUT2D eigenvalue weighted by atomic mass is 35.5. The highest BCUT2D eigenvalue weighted by molar-refractivity contribution is 7.91. The van der Waals surface area contributed by atoms with E-state index >= 15 is 0 Å². The van der Waals surface area contributed by atoms with Gasteiger partial charge in [-0.05, 0) is 23.1 Å². The van der Waals surface area contributed by atoms with Gasteiger partial charge in [0.15, 0.2) is 0 Å². The summed E-state index contributed by atoms with van der Waals surface area (Å²) in [5, 5.41) is 5.52. The first-order valence-electron chi connectivity index (χ1n) is 7.77. The fourth-order valence-corrected chi connectivity index (χ4v) is 5.05. The van der Waals surface area contributed by atoms with Crippen LogP contribution in [0.15, 0.2) is 46.0 Å². The van der Waals surface area contributed by atoms with Crippen LogP contribution in [0.4, 0.5) is 0 Å². The van der Waals surface area contributed by atoms with E-state index in [1.54, 1.807) is 22.4 Å². The summed E-state index contributed by atoms with van der Waals surface area (Å²) in [5.74, 6) is -0.272. The van der Waals surface area contributed by atoms with Crippen molar-refractivity contribution < 1.29 is 13.2 Å². The first kappa shape index (κ1) is 18.3. The number of benzene rings is 1. The van der Waals surface area contributed by atoms with E-state index < -0.39 is 10.0 Å². The molecule has 1 saturated heterocycles. The zero-order valence-electron chi connectivity index (χ0n) is 13.3. The topological polar surface area (TPSA) is 78.5 Å². The minimum atomic E-state index is -3.66. The van der Waals surface area contributed by atoms with Crippen molar-refractivity contribution in [3.63, 3.8) is 0 Å². The Kier molecular flexibility index (Phi) is 5.75. The molecule has 0 radical (unpaired) electrons. The van der Waals surface area contributed by atoms with Gasteiger partial charge in [-0.25, -0.2) is 13.1 Å². The number of nitrogens with zero attached hydrogens (tertiary/aromatic N) is 1. The molecule has 1 aliphatic rings. The van der Waals surface area contributed by atoms with Gasteiger partial charge >= 0.3 is 0 Å². The Bertz CT molecular complexity index is 840. The largest absolute Gasteiger partial charge is 0.332 e. The standard InChI is InChI=1S/C16H18ClN3O3S2/c17-13-5-2-1-4-12(13)14-10-18-7-8-20(14)15(21)11-19-25(22,23)16-6-3-9-24-16/h1-6,9,14,18-19H,7-8,10-11H2. The zero-order valence-corrected chi connectivity index (χ0v) is 15.7. The first-order chi connectivity index (χ1) is 12.0. The smallest absolute Gasteiger partial charge is 0.250 e. The van der Waals surface area contributed by atoms with E-state index in [-0.39, 0.29) is 22.7 Å². The van der Waals surface area contributed by atoms with Gasteiger partial charge in [0, 0.05) is 24.7 Å². The highest BCUT2D eigenvalue weighted by Gasteiger charge is 2.29. The Labute approximate surface area is 155 Å². The molecule has 2 aromatic rings. The summed E-state index contributed by atoms with van der Waals surface area (Å²) >= 11 is 7.38. The van der Waals surface area contributed by atoms with Crippen LogP contribution in [0.2, 0.25) is 5.02 Å². The lowest BCUT2D eigenvalue weighted by molar-refractivity contribution is -0.133. The molecule has 0 bridgehead atoms. The van der Waals surface area contributed by atoms with E-state index in [4.69, 9.17) is 11.6 Å². The normalized spacial score (nSPS) is 18.3. The van der Waals surface area contributed by atoms with Crippen molar-refractivity contribution in [3.8, 4) is 0 Å². The molecule has 2 N–H and O–H groups in total. The van der Waals surface area contributed by atoms with Crippen LogP contribution in [-0.4, -0.2) is 45.4 Å². The molecule has 1 atom stereocenters. The monoisotopic (exact) mass is 399 g/mol. The third-order valence-corrected chi connectivity index (χ3v) is 7.14. The number of rotatable bonds is 5. The van der Waals surface area contributed by atoms with Crippen molar-refractivity contribution >= 4 is 38.9 Å². The van der Waals surface area contributed by atoms with Crippen LogP contribution in [-0.2, 0) is 14.8 Å². The molecule has 0 saturated carbocycles. The van der Waals surface area contributed by atoms with Gasteiger partial charge in [-0.1, -0.05) is 35.9 Å². The van der Waals surface area contributed by atoms with Gasteiger partial charge < -0.3 is 10.2 Å². The molecule has 0 spiro atoms. The van der Waals surface area contributed by atoms with E-state index in [1.807, 2.05) is 18.2 Å². The summed E-state index contributed by atoms with van der Waals surface area (Å²) in [7, 11) is -3.66. The lowest BCUT2D eigenvalue weighted by atomic mass is 10.0. The molecule has 134 valence electrons. The maximum atomic E-state index is 12.6. The summed E-state index contributed by atoms with van der Waals surface area (Å²) < 4.78 is 26.9. The Morgan fingerprint density at radius 1 is 1.32 bits per heavy atom.